The number of hydrogen-bond acceptors (Lipinski definition) is 8. The van der Waals surface area contributed by atoms with Crippen LogP contribution < -0.4 is 20.7 Å². The number of para-hydroxylation sites is 1. The second-order valence-corrected chi connectivity index (χ2v) is 10.8. The number of fused-ring (bicyclic) bond motifs is 1. The van der Waals surface area contributed by atoms with Gasteiger partial charge >= 0.3 is 0 Å². The highest BCUT2D eigenvalue weighted by molar-refractivity contribution is 7.22. The second kappa shape index (κ2) is 13.1. The molecule has 3 N–H and O–H groups in total. The molecule has 1 atom stereocenters. The van der Waals surface area contributed by atoms with Crippen LogP contribution in [0.3, 0.4) is 0 Å². The Hall–Kier alpha value is -4.65. The average Bonchev–Trinajstić information content (AvgIpc) is 3.60. The fraction of sp³-hybridized carbons (Fsp3) is 0.226. The molecule has 0 fully saturated rings. The summed E-state index contributed by atoms with van der Waals surface area (Å²) in [4.78, 5) is 36.8. The number of nitrogens with two attached hydrogens (primary N) is 1. The molecule has 12 heteroatoms. The van der Waals surface area contributed by atoms with Gasteiger partial charge in [-0.05, 0) is 35.9 Å². The molecule has 0 spiro atoms. The number of rotatable bonds is 12. The van der Waals surface area contributed by atoms with E-state index in [0.29, 0.717) is 30.1 Å². The Balaban J connectivity index is 1.38. The van der Waals surface area contributed by atoms with Crippen LogP contribution in [-0.2, 0) is 27.9 Å². The van der Waals surface area contributed by atoms with Crippen molar-refractivity contribution in [1.29, 1.82) is 0 Å². The minimum Gasteiger partial charge on any atom is -0.453 e. The van der Waals surface area contributed by atoms with Crippen molar-refractivity contribution in [2.45, 2.75) is 12.5 Å². The van der Waals surface area contributed by atoms with Gasteiger partial charge in [0, 0.05) is 52.2 Å². The molecule has 2 aromatic carbocycles. The van der Waals surface area contributed by atoms with Gasteiger partial charge < -0.3 is 30.0 Å². The van der Waals surface area contributed by atoms with Crippen molar-refractivity contribution < 1.29 is 23.5 Å². The minimum atomic E-state index is -1.38. The maximum atomic E-state index is 15.4. The van der Waals surface area contributed by atoms with Gasteiger partial charge in [0.25, 0.3) is 0 Å². The number of benzene rings is 2. The van der Waals surface area contributed by atoms with E-state index in [0.717, 1.165) is 33.7 Å². The Morgan fingerprint density at radius 3 is 2.63 bits per heavy atom. The van der Waals surface area contributed by atoms with E-state index in [2.05, 4.69) is 15.3 Å². The number of primary amides is 1. The van der Waals surface area contributed by atoms with E-state index in [9.17, 15) is 9.59 Å². The highest BCUT2D eigenvalue weighted by Gasteiger charge is 2.31. The van der Waals surface area contributed by atoms with Crippen molar-refractivity contribution in [2.24, 2.45) is 12.8 Å². The zero-order valence-electron chi connectivity index (χ0n) is 23.9. The van der Waals surface area contributed by atoms with Crippen LogP contribution >= 0.6 is 11.3 Å². The van der Waals surface area contributed by atoms with Gasteiger partial charge in [0.2, 0.25) is 11.8 Å². The molecule has 0 radical (unpaired) electrons. The number of imidazole rings is 1. The zero-order chi connectivity index (χ0) is 30.5. The van der Waals surface area contributed by atoms with E-state index in [1.165, 1.54) is 35.4 Å². The molecule has 0 aliphatic carbocycles. The van der Waals surface area contributed by atoms with E-state index in [1.54, 1.807) is 43.6 Å². The van der Waals surface area contributed by atoms with Gasteiger partial charge in [-0.2, -0.15) is 0 Å². The summed E-state index contributed by atoms with van der Waals surface area (Å²) in [5, 5.41) is 3.32. The maximum absolute atomic E-state index is 15.4. The van der Waals surface area contributed by atoms with Crippen LogP contribution in [0.5, 0.6) is 11.5 Å². The van der Waals surface area contributed by atoms with Crippen molar-refractivity contribution in [2.75, 3.05) is 32.2 Å². The molecule has 0 bridgehead atoms. The molecule has 0 saturated carbocycles. The number of aromatic nitrogens is 3. The highest BCUT2D eigenvalue weighted by Crippen LogP contribution is 2.39. The fourth-order valence-electron chi connectivity index (χ4n) is 4.63. The number of carbonyl (C=O) groups is 2. The van der Waals surface area contributed by atoms with Crippen molar-refractivity contribution in [3.63, 3.8) is 0 Å². The number of amides is 2. The smallest absolute Gasteiger partial charge is 0.243 e. The largest absolute Gasteiger partial charge is 0.453 e. The second-order valence-electron chi connectivity index (χ2n) is 9.80. The molecule has 222 valence electrons. The molecular formula is C31H31FN6O4S. The third kappa shape index (κ3) is 6.41. The van der Waals surface area contributed by atoms with E-state index in [1.807, 2.05) is 29.9 Å². The maximum Gasteiger partial charge on any atom is 0.243 e. The van der Waals surface area contributed by atoms with Crippen LogP contribution in [0.2, 0.25) is 0 Å². The summed E-state index contributed by atoms with van der Waals surface area (Å²) in [5.41, 5.74) is 8.00. The number of nitrogens with zero attached hydrogens (tertiary/aromatic N) is 4. The number of pyridine rings is 1. The van der Waals surface area contributed by atoms with E-state index in [-0.39, 0.29) is 11.3 Å². The van der Waals surface area contributed by atoms with Gasteiger partial charge in [0.1, 0.15) is 17.5 Å². The third-order valence-corrected chi connectivity index (χ3v) is 8.12. The molecule has 5 rings (SSSR count). The molecule has 10 nitrogen and oxygen atoms in total. The molecule has 5 aromatic rings. The summed E-state index contributed by atoms with van der Waals surface area (Å²) in [6.45, 7) is 1.99. The summed E-state index contributed by atoms with van der Waals surface area (Å²) in [6.07, 6.45) is 3.41. The van der Waals surface area contributed by atoms with Crippen LogP contribution in [0.4, 0.5) is 10.1 Å². The number of halogens is 1. The molecule has 1 unspecified atom stereocenters. The molecule has 3 heterocycles. The lowest BCUT2D eigenvalue weighted by molar-refractivity contribution is -0.128. The molecular weight excluding hydrogens is 571 g/mol. The van der Waals surface area contributed by atoms with Gasteiger partial charge in [0.05, 0.1) is 33.6 Å². The predicted octanol–water partition coefficient (Wildman–Crippen LogP) is 4.60. The topological polar surface area (TPSA) is 125 Å². The normalized spacial score (nSPS) is 11.9. The molecule has 2 amide bonds. The van der Waals surface area contributed by atoms with Crippen molar-refractivity contribution >= 4 is 39.1 Å². The minimum absolute atomic E-state index is 0.0697. The number of carbonyl (C=O) groups excluding carboxylic acids is 2. The number of nitrogens with one attached hydrogen (secondary N) is 1. The van der Waals surface area contributed by atoms with Gasteiger partial charge in [-0.1, -0.05) is 24.3 Å². The molecule has 43 heavy (non-hydrogen) atoms. The SMILES string of the molecule is COCCNCc1cnc(-c2cc3nccc(Oc4ccc(C(C(N)=O)C(=O)N(C)c5ccccc5)cc4F)c3s2)n1C. The lowest BCUT2D eigenvalue weighted by Crippen LogP contribution is -2.38. The van der Waals surface area contributed by atoms with Crippen LogP contribution in [0.1, 0.15) is 17.2 Å². The molecule has 0 aliphatic rings. The number of thiophene rings is 1. The Morgan fingerprint density at radius 2 is 1.91 bits per heavy atom. The lowest BCUT2D eigenvalue weighted by Gasteiger charge is -2.22. The first-order valence-electron chi connectivity index (χ1n) is 13.5. The summed E-state index contributed by atoms with van der Waals surface area (Å²) >= 11 is 1.43. The fourth-order valence-corrected chi connectivity index (χ4v) is 5.73. The zero-order valence-corrected chi connectivity index (χ0v) is 24.7. The summed E-state index contributed by atoms with van der Waals surface area (Å²) in [7, 11) is 5.15. The number of methoxy groups -OCH3 is 1. The number of hydrogen-bond donors (Lipinski definition) is 2. The van der Waals surface area contributed by atoms with Gasteiger partial charge in [-0.3, -0.25) is 14.6 Å². The Labute approximate surface area is 251 Å². The van der Waals surface area contributed by atoms with Gasteiger partial charge in [0.15, 0.2) is 11.6 Å². The average molecular weight is 603 g/mol. The van der Waals surface area contributed by atoms with Gasteiger partial charge in [-0.25, -0.2) is 9.37 Å². The number of likely N-dealkylation sites (N-methyl/N-ethyl adjacent to an activating group) is 1. The highest BCUT2D eigenvalue weighted by atomic mass is 32.1. The summed E-state index contributed by atoms with van der Waals surface area (Å²) in [5.74, 6) is -2.46. The first-order valence-corrected chi connectivity index (χ1v) is 14.3. The van der Waals surface area contributed by atoms with Crippen LogP contribution in [0, 0.1) is 5.82 Å². The van der Waals surface area contributed by atoms with Crippen LogP contribution in [0.15, 0.2) is 73.1 Å². The Morgan fingerprint density at radius 1 is 1.12 bits per heavy atom. The molecule has 3 aromatic heterocycles. The predicted molar refractivity (Wildman–Crippen MR) is 164 cm³/mol. The molecule has 0 saturated heterocycles. The lowest BCUT2D eigenvalue weighted by atomic mass is 9.96. The number of ether oxygens (including phenoxy) is 2. The number of anilines is 1. The quantitative estimate of drug-likeness (QED) is 0.158. The van der Waals surface area contributed by atoms with Gasteiger partial charge in [-0.15, -0.1) is 11.3 Å². The van der Waals surface area contributed by atoms with Crippen molar-refractivity contribution in [3.8, 4) is 22.2 Å². The first-order chi connectivity index (χ1) is 20.8. The standard InChI is InChI=1S/C31H31FN6O4S/c1-37-21(17-34-13-14-41-3)18-36-30(37)26-16-23-28(43-26)25(11-12-35-23)42-24-10-9-19(15-22(24)32)27(29(33)39)31(40)38(2)20-7-5-4-6-8-20/h4-12,15-16,18,27,34H,13-14,17H2,1-3H3,(H2,33,39). The van der Waals surface area contributed by atoms with E-state index in [4.69, 9.17) is 15.2 Å². The van der Waals surface area contributed by atoms with E-state index < -0.39 is 23.5 Å². The summed E-state index contributed by atoms with van der Waals surface area (Å²) in [6, 6.07) is 16.4. The van der Waals surface area contributed by atoms with Crippen LogP contribution in [0.25, 0.3) is 20.9 Å². The Kier molecular flexibility index (Phi) is 9.10. The Bertz CT molecular complexity index is 1760. The van der Waals surface area contributed by atoms with E-state index >= 15 is 4.39 Å². The van der Waals surface area contributed by atoms with Crippen molar-refractivity contribution in [3.05, 3.63) is 90.1 Å². The monoisotopic (exact) mass is 602 g/mol. The van der Waals surface area contributed by atoms with Crippen LogP contribution in [-0.4, -0.2) is 53.7 Å². The molecule has 0 aliphatic heterocycles. The third-order valence-electron chi connectivity index (χ3n) is 6.98. The van der Waals surface area contributed by atoms with Crippen molar-refractivity contribution in [1.82, 2.24) is 19.9 Å². The first kappa shape index (κ1) is 29.8. The summed E-state index contributed by atoms with van der Waals surface area (Å²) < 4.78 is 29.2.